The molecule has 6 rings (SSSR count). The number of nitrogens with one attached hydrogen (secondary N) is 1. The predicted molar refractivity (Wildman–Crippen MR) is 135 cm³/mol. The van der Waals surface area contributed by atoms with Gasteiger partial charge in [0, 0.05) is 37.0 Å². The van der Waals surface area contributed by atoms with Gasteiger partial charge in [-0.1, -0.05) is 24.6 Å². The van der Waals surface area contributed by atoms with Crippen LogP contribution in [-0.4, -0.2) is 59.1 Å². The van der Waals surface area contributed by atoms with Gasteiger partial charge in [0.1, 0.15) is 23.5 Å². The third-order valence-corrected chi connectivity index (χ3v) is 8.18. The topological polar surface area (TPSA) is 95.8 Å². The molecule has 1 aliphatic carbocycles. The van der Waals surface area contributed by atoms with E-state index in [0.717, 1.165) is 35.9 Å². The quantitative estimate of drug-likeness (QED) is 0.374. The van der Waals surface area contributed by atoms with E-state index in [0.29, 0.717) is 42.0 Å². The fourth-order valence-corrected chi connectivity index (χ4v) is 5.86. The number of rotatable bonds is 6. The van der Waals surface area contributed by atoms with Gasteiger partial charge < -0.3 is 9.67 Å². The minimum absolute atomic E-state index is 0.0472. The van der Waals surface area contributed by atoms with E-state index >= 15 is 0 Å². The number of aliphatic hydroxyl groups excluding tert-OH is 1. The summed E-state index contributed by atoms with van der Waals surface area (Å²) in [6, 6.07) is 8.53. The molecule has 2 aliphatic rings. The van der Waals surface area contributed by atoms with Crippen molar-refractivity contribution in [3.8, 4) is 11.3 Å². The van der Waals surface area contributed by atoms with Crippen LogP contribution in [0.4, 0.5) is 13.2 Å². The molecule has 4 heterocycles. The van der Waals surface area contributed by atoms with Crippen molar-refractivity contribution in [3.05, 3.63) is 59.4 Å². The fraction of sp³-hybridized carbons (Fsp3) is 0.481. The molecule has 0 unspecified atom stereocenters. The first-order valence-electron chi connectivity index (χ1n) is 13.0. The van der Waals surface area contributed by atoms with Gasteiger partial charge in [0.25, 0.3) is 0 Å². The van der Waals surface area contributed by atoms with Crippen LogP contribution in [-0.2, 0) is 13.2 Å². The van der Waals surface area contributed by atoms with Crippen LogP contribution in [0.25, 0.3) is 22.2 Å². The summed E-state index contributed by atoms with van der Waals surface area (Å²) in [6.45, 7) is 2.81. The predicted octanol–water partition coefficient (Wildman–Crippen LogP) is 4.83. The molecule has 1 saturated carbocycles. The molecule has 0 radical (unpaired) electrons. The number of halogens is 3. The Bertz CT molecular complexity index is 1460. The first-order chi connectivity index (χ1) is 18.2. The lowest BCUT2D eigenvalue weighted by molar-refractivity contribution is -0.141. The SMILES string of the molecule is C[C@@H](c1nc(C(F)(F)F)cc2c(-c3cccc([C@H](c4nncn4C)C4CCC4)c3)n[nH]c12)N1CC[C@@H](O)C1. The Morgan fingerprint density at radius 3 is 2.61 bits per heavy atom. The number of alkyl halides is 3. The highest BCUT2D eigenvalue weighted by Crippen LogP contribution is 2.44. The van der Waals surface area contributed by atoms with Gasteiger partial charge in [-0.05, 0) is 49.8 Å². The number of β-amino-alcohol motifs (C(OH)–C–C–N with tert-alkyl or cyclic N) is 1. The van der Waals surface area contributed by atoms with Crippen LogP contribution in [0.5, 0.6) is 0 Å². The van der Waals surface area contributed by atoms with Gasteiger partial charge in [0.2, 0.25) is 0 Å². The van der Waals surface area contributed by atoms with E-state index in [1.54, 1.807) is 6.33 Å². The molecule has 1 aromatic carbocycles. The van der Waals surface area contributed by atoms with Crippen molar-refractivity contribution in [1.29, 1.82) is 0 Å². The maximum Gasteiger partial charge on any atom is 0.433 e. The van der Waals surface area contributed by atoms with Crippen LogP contribution in [0.3, 0.4) is 0 Å². The monoisotopic (exact) mass is 525 g/mol. The molecule has 38 heavy (non-hydrogen) atoms. The average molecular weight is 526 g/mol. The molecule has 3 aromatic heterocycles. The summed E-state index contributed by atoms with van der Waals surface area (Å²) in [5.74, 6) is 1.37. The van der Waals surface area contributed by atoms with Gasteiger partial charge in [0.05, 0.1) is 23.4 Å². The minimum Gasteiger partial charge on any atom is -0.392 e. The number of H-pyrrole nitrogens is 1. The van der Waals surface area contributed by atoms with Gasteiger partial charge >= 0.3 is 6.18 Å². The Hall–Kier alpha value is -3.31. The van der Waals surface area contributed by atoms with Crippen LogP contribution in [0.2, 0.25) is 0 Å². The van der Waals surface area contributed by atoms with Gasteiger partial charge in [-0.3, -0.25) is 10.00 Å². The Morgan fingerprint density at radius 1 is 1.16 bits per heavy atom. The number of pyridine rings is 1. The average Bonchev–Trinajstić information content (AvgIpc) is 3.59. The highest BCUT2D eigenvalue weighted by atomic mass is 19.4. The number of hydrogen-bond acceptors (Lipinski definition) is 6. The van der Waals surface area contributed by atoms with Crippen LogP contribution in [0.15, 0.2) is 36.7 Å². The molecule has 1 saturated heterocycles. The van der Waals surface area contributed by atoms with E-state index in [1.807, 2.05) is 47.7 Å². The summed E-state index contributed by atoms with van der Waals surface area (Å²) in [7, 11) is 1.93. The third kappa shape index (κ3) is 4.37. The zero-order valence-corrected chi connectivity index (χ0v) is 21.3. The standard InChI is InChI=1S/C27H30F3N7O/c1-15(37-10-9-19(38)13-37)23-25-20(12-21(32-23)27(28,29)30)24(33-34-25)18-8-4-7-17(11-18)22(16-5-3-6-16)26-35-31-14-36(26)2/h4,7-8,11-12,14-16,19,22,38H,3,5-6,9-10,13H2,1-2H3,(H,33,34)/t15-,19+,22+/m0/s1. The van der Waals surface area contributed by atoms with Crippen molar-refractivity contribution in [2.45, 2.75) is 56.8 Å². The molecule has 0 spiro atoms. The molecule has 4 aromatic rings. The lowest BCUT2D eigenvalue weighted by atomic mass is 9.72. The van der Waals surface area contributed by atoms with Gasteiger partial charge in [-0.25, -0.2) is 4.98 Å². The van der Waals surface area contributed by atoms with E-state index in [1.165, 1.54) is 6.42 Å². The van der Waals surface area contributed by atoms with E-state index in [4.69, 9.17) is 0 Å². The largest absolute Gasteiger partial charge is 0.433 e. The summed E-state index contributed by atoms with van der Waals surface area (Å²) in [5, 5.41) is 26.3. The molecule has 0 bridgehead atoms. The Morgan fingerprint density at radius 2 is 1.97 bits per heavy atom. The second kappa shape index (κ2) is 9.46. The number of hydrogen-bond donors (Lipinski definition) is 2. The molecule has 3 atom stereocenters. The van der Waals surface area contributed by atoms with Crippen LogP contribution >= 0.6 is 0 Å². The number of nitrogens with zero attached hydrogens (tertiary/aromatic N) is 6. The fourth-order valence-electron chi connectivity index (χ4n) is 5.86. The summed E-state index contributed by atoms with van der Waals surface area (Å²) in [6.07, 6.45) is 0.548. The Balaban J connectivity index is 1.46. The molecule has 0 amide bonds. The molecular formula is C27H30F3N7O. The third-order valence-electron chi connectivity index (χ3n) is 8.18. The number of aliphatic hydroxyl groups is 1. The summed E-state index contributed by atoms with van der Waals surface area (Å²) in [5.41, 5.74) is 2.05. The molecule has 2 fully saturated rings. The van der Waals surface area contributed by atoms with Gasteiger partial charge in [0.15, 0.2) is 0 Å². The van der Waals surface area contributed by atoms with Crippen molar-refractivity contribution in [2.24, 2.45) is 13.0 Å². The normalized spacial score (nSPS) is 20.6. The molecule has 200 valence electrons. The Kier molecular flexibility index (Phi) is 6.22. The van der Waals surface area contributed by atoms with E-state index < -0.39 is 24.0 Å². The van der Waals surface area contributed by atoms with Gasteiger partial charge in [-0.2, -0.15) is 18.3 Å². The smallest absolute Gasteiger partial charge is 0.392 e. The molecular weight excluding hydrogens is 495 g/mol. The van der Waals surface area contributed by atoms with E-state index in [9.17, 15) is 18.3 Å². The van der Waals surface area contributed by atoms with Crippen LogP contribution in [0, 0.1) is 5.92 Å². The van der Waals surface area contributed by atoms with Crippen molar-refractivity contribution in [3.63, 3.8) is 0 Å². The summed E-state index contributed by atoms with van der Waals surface area (Å²) >= 11 is 0. The zero-order chi connectivity index (χ0) is 26.6. The highest BCUT2D eigenvalue weighted by molar-refractivity contribution is 5.94. The number of likely N-dealkylation sites (tertiary alicyclic amines) is 1. The first-order valence-corrected chi connectivity index (χ1v) is 13.0. The van der Waals surface area contributed by atoms with E-state index in [2.05, 4.69) is 25.4 Å². The van der Waals surface area contributed by atoms with Crippen molar-refractivity contribution >= 4 is 10.9 Å². The number of benzene rings is 1. The Labute approximate surface area is 217 Å². The number of aromatic amines is 1. The number of aromatic nitrogens is 6. The first kappa shape index (κ1) is 25.0. The maximum atomic E-state index is 14.0. The molecule has 1 aliphatic heterocycles. The molecule has 8 nitrogen and oxygen atoms in total. The van der Waals surface area contributed by atoms with Crippen molar-refractivity contribution in [1.82, 2.24) is 34.8 Å². The lowest BCUT2D eigenvalue weighted by Gasteiger charge is -2.33. The van der Waals surface area contributed by atoms with Gasteiger partial charge in [-0.15, -0.1) is 10.2 Å². The summed E-state index contributed by atoms with van der Waals surface area (Å²) < 4.78 is 43.9. The summed E-state index contributed by atoms with van der Waals surface area (Å²) in [4.78, 5) is 6.00. The lowest BCUT2D eigenvalue weighted by Crippen LogP contribution is -2.27. The number of fused-ring (bicyclic) bond motifs is 1. The van der Waals surface area contributed by atoms with Crippen molar-refractivity contribution < 1.29 is 18.3 Å². The molecule has 2 N–H and O–H groups in total. The van der Waals surface area contributed by atoms with Crippen molar-refractivity contribution in [2.75, 3.05) is 13.1 Å². The maximum absolute atomic E-state index is 14.0. The second-order valence-corrected chi connectivity index (χ2v) is 10.6. The van der Waals surface area contributed by atoms with E-state index in [-0.39, 0.29) is 11.6 Å². The van der Waals surface area contributed by atoms with Crippen LogP contribution in [0.1, 0.15) is 67.3 Å². The zero-order valence-electron chi connectivity index (χ0n) is 21.3. The molecule has 11 heteroatoms. The van der Waals surface area contributed by atoms with Crippen LogP contribution < -0.4 is 0 Å². The minimum atomic E-state index is -4.61. The second-order valence-electron chi connectivity index (χ2n) is 10.6. The highest BCUT2D eigenvalue weighted by Gasteiger charge is 2.37. The number of aryl methyl sites for hydroxylation is 1.